The zero-order valence-electron chi connectivity index (χ0n) is 41.7. The molecule has 2 bridgehead atoms. The molecule has 1 aromatic heterocycles. The van der Waals surface area contributed by atoms with Gasteiger partial charge in [0.25, 0.3) is 0 Å². The van der Waals surface area contributed by atoms with Crippen LogP contribution < -0.4 is 11.4 Å². The number of hydrogen-bond donors (Lipinski definition) is 7. The smallest absolute Gasteiger partial charge is 0.462 e. The Morgan fingerprint density at radius 2 is 1.54 bits per heavy atom. The van der Waals surface area contributed by atoms with Crippen LogP contribution in [0.25, 0.3) is 0 Å². The number of nitrogens with two attached hydrogens (primary N) is 1. The average molecular weight is 1050 g/mol. The minimum Gasteiger partial charge on any atom is -0.462 e. The van der Waals surface area contributed by atoms with Crippen molar-refractivity contribution >= 4 is 39.2 Å². The largest absolute Gasteiger partial charge is 0.481 e. The molecule has 1 aromatic rings. The fourth-order valence-corrected chi connectivity index (χ4v) is 10.4. The molecule has 0 aliphatic carbocycles. The predicted molar refractivity (Wildman–Crippen MR) is 262 cm³/mol. The fraction of sp³-hybridized carbons (Fsp3) is 0.771. The second kappa shape index (κ2) is 32.9. The zero-order chi connectivity index (χ0) is 52.4. The van der Waals surface area contributed by atoms with Gasteiger partial charge in [-0.05, 0) is 44.1 Å². The summed E-state index contributed by atoms with van der Waals surface area (Å²) in [6.07, 6.45) is 9.01. The minimum atomic E-state index is -5.72. The third-order valence-corrected chi connectivity index (χ3v) is 14.9. The first-order chi connectivity index (χ1) is 33.7. The van der Waals surface area contributed by atoms with E-state index in [1.54, 1.807) is 12.2 Å². The number of esters is 2. The molecule has 0 spiro atoms. The number of aromatic nitrogens is 2. The van der Waals surface area contributed by atoms with Crippen LogP contribution in [0.2, 0.25) is 0 Å². The molecule has 0 saturated carbocycles. The Morgan fingerprint density at radius 3 is 2.18 bits per heavy atom. The summed E-state index contributed by atoms with van der Waals surface area (Å²) in [6, 6.07) is 1.21. The normalized spacial score (nSPS) is 29.5. The van der Waals surface area contributed by atoms with Crippen LogP contribution in [0.4, 0.5) is 5.82 Å². The molecule has 21 nitrogen and oxygen atoms in total. The van der Waals surface area contributed by atoms with Gasteiger partial charge in [-0.1, -0.05) is 129 Å². The fourth-order valence-electron chi connectivity index (χ4n) is 8.25. The third-order valence-electron chi connectivity index (χ3n) is 12.3. The molecule has 2 aliphatic heterocycles. The molecule has 23 heteroatoms. The van der Waals surface area contributed by atoms with Crippen LogP contribution in [-0.2, 0) is 51.1 Å². The maximum atomic E-state index is 14.2. The summed E-state index contributed by atoms with van der Waals surface area (Å²) < 4.78 is 58.7. The lowest BCUT2D eigenvalue weighted by atomic mass is 9.83. The molecule has 0 aromatic carbocycles. The molecule has 11 atom stereocenters. The van der Waals surface area contributed by atoms with Crippen molar-refractivity contribution in [3.8, 4) is 0 Å². The van der Waals surface area contributed by atoms with Crippen molar-refractivity contribution in [1.82, 2.24) is 9.55 Å². The number of nitrogen functional groups attached to an aromatic ring is 1. The third kappa shape index (κ3) is 24.6. The molecule has 0 amide bonds. The van der Waals surface area contributed by atoms with Gasteiger partial charge in [0.1, 0.15) is 36.6 Å². The van der Waals surface area contributed by atoms with E-state index in [2.05, 4.69) is 23.1 Å². The number of cyclic esters (lactones) is 1. The van der Waals surface area contributed by atoms with Crippen LogP contribution in [0, 0.1) is 17.8 Å². The molecule has 0 radical (unpaired) electrons. The van der Waals surface area contributed by atoms with Gasteiger partial charge >= 0.3 is 33.3 Å². The van der Waals surface area contributed by atoms with Crippen molar-refractivity contribution in [2.45, 2.75) is 198 Å². The molecular formula is C48H81N3O18P2. The summed E-state index contributed by atoms with van der Waals surface area (Å²) in [5, 5.41) is 45.4. The summed E-state index contributed by atoms with van der Waals surface area (Å²) in [5.74, 6) is -4.39. The first-order valence-corrected chi connectivity index (χ1v) is 28.3. The number of hydrogen-bond acceptors (Lipinski definition) is 18. The van der Waals surface area contributed by atoms with E-state index in [1.165, 1.54) is 56.7 Å². The van der Waals surface area contributed by atoms with Crippen LogP contribution in [0.1, 0.15) is 162 Å². The number of ether oxygens (including phenoxy) is 3. The monoisotopic (exact) mass is 1050 g/mol. The Labute approximate surface area is 417 Å². The van der Waals surface area contributed by atoms with Gasteiger partial charge in [0.05, 0.1) is 37.4 Å². The summed E-state index contributed by atoms with van der Waals surface area (Å²) in [4.78, 5) is 78.2. The number of Topliss-reactive ketones (excluding diaryl/α,β-unsaturated/α-hetero) is 1. The number of carbonyl (C=O) groups is 3. The SMILES string of the molecule is CCCCC[C@H](O)/C=C/[C@@H]1[C@H](O)[C@H](O)[C@H]2COP(=O)(O)OP(=O)(O)OC[C@@H](COC(=O)CCCCCCCCCCCCC(C)C)OC(=O)CCCC=CC[C@@H](C(=O)C[C@H]1O)[C@H](n1ccc(N)nc1=O)O2. The van der Waals surface area contributed by atoms with Gasteiger partial charge in [0.2, 0.25) is 0 Å². The minimum absolute atomic E-state index is 0.0772. The zero-order valence-corrected chi connectivity index (χ0v) is 43.4. The highest BCUT2D eigenvalue weighted by atomic mass is 31.3. The number of nitrogens with zero attached hydrogens (tertiary/aromatic N) is 2. The quantitative estimate of drug-likeness (QED) is 0.0276. The number of anilines is 1. The van der Waals surface area contributed by atoms with Gasteiger partial charge in [0, 0.05) is 31.4 Å². The molecule has 2 aliphatic rings. The lowest BCUT2D eigenvalue weighted by Gasteiger charge is -2.38. The number of fused-ring (bicyclic) bond motifs is 3. The second-order valence-corrected chi connectivity index (χ2v) is 22.0. The van der Waals surface area contributed by atoms with Gasteiger partial charge < -0.3 is 50.2 Å². The maximum absolute atomic E-state index is 14.2. The number of unbranched alkanes of at least 4 members (excludes halogenated alkanes) is 11. The number of phosphoric acid groups is 2. The molecule has 3 heterocycles. The average Bonchev–Trinajstić information content (AvgIpc) is 3.29. The van der Waals surface area contributed by atoms with Gasteiger partial charge in [0.15, 0.2) is 6.10 Å². The first kappa shape index (κ1) is 62.1. The van der Waals surface area contributed by atoms with Crippen molar-refractivity contribution in [2.24, 2.45) is 17.8 Å². The topological polar surface area (TPSA) is 323 Å². The van der Waals surface area contributed by atoms with E-state index < -0.39 is 120 Å². The Bertz CT molecular complexity index is 1970. The first-order valence-electron chi connectivity index (χ1n) is 25.3. The van der Waals surface area contributed by atoms with Crippen molar-refractivity contribution in [1.29, 1.82) is 0 Å². The maximum Gasteiger partial charge on any atom is 0.481 e. The number of allylic oxidation sites excluding steroid dienone is 2. The summed E-state index contributed by atoms with van der Waals surface area (Å²) >= 11 is 0. The van der Waals surface area contributed by atoms with Crippen LogP contribution in [0.5, 0.6) is 0 Å². The highest BCUT2D eigenvalue weighted by Crippen LogP contribution is 2.60. The van der Waals surface area contributed by atoms with E-state index in [9.17, 15) is 58.5 Å². The number of rotatable bonds is 22. The molecule has 3 rings (SSSR count). The number of phosphoric ester groups is 2. The highest BCUT2D eigenvalue weighted by molar-refractivity contribution is 7.61. The lowest BCUT2D eigenvalue weighted by Crippen LogP contribution is -2.51. The van der Waals surface area contributed by atoms with Crippen molar-refractivity contribution in [3.63, 3.8) is 0 Å². The van der Waals surface area contributed by atoms with E-state index in [4.69, 9.17) is 29.0 Å². The predicted octanol–water partition coefficient (Wildman–Crippen LogP) is 6.67. The number of aliphatic hydroxyl groups is 4. The Hall–Kier alpha value is -3.17. The second-order valence-electron chi connectivity index (χ2n) is 18.9. The molecule has 2 unspecified atom stereocenters. The summed E-state index contributed by atoms with van der Waals surface area (Å²) in [6.45, 7) is 3.71. The van der Waals surface area contributed by atoms with Gasteiger partial charge in [-0.25, -0.2) is 13.9 Å². The van der Waals surface area contributed by atoms with Gasteiger partial charge in [-0.15, -0.1) is 0 Å². The van der Waals surface area contributed by atoms with Crippen LogP contribution >= 0.6 is 15.6 Å². The number of carbonyl (C=O) groups excluding carboxylic acids is 3. The van der Waals surface area contributed by atoms with E-state index >= 15 is 0 Å². The Balaban J connectivity index is 1.82. The number of ketones is 1. The lowest BCUT2D eigenvalue weighted by molar-refractivity contribution is -0.183. The molecule has 71 heavy (non-hydrogen) atoms. The highest BCUT2D eigenvalue weighted by Gasteiger charge is 2.45. The van der Waals surface area contributed by atoms with E-state index in [-0.39, 0.29) is 37.9 Å². The summed E-state index contributed by atoms with van der Waals surface area (Å²) in [5.41, 5.74) is 4.72. The van der Waals surface area contributed by atoms with Crippen LogP contribution in [-0.4, -0.2) is 114 Å². The summed E-state index contributed by atoms with van der Waals surface area (Å²) in [7, 11) is -11.3. The molecule has 406 valence electrons. The van der Waals surface area contributed by atoms with Gasteiger partial charge in [-0.2, -0.15) is 9.29 Å². The van der Waals surface area contributed by atoms with Crippen LogP contribution in [0.15, 0.2) is 41.4 Å². The molecule has 8 N–H and O–H groups in total. The Morgan fingerprint density at radius 1 is 0.901 bits per heavy atom. The molecule has 1 saturated heterocycles. The molecular weight excluding hydrogens is 968 g/mol. The van der Waals surface area contributed by atoms with Crippen molar-refractivity contribution in [2.75, 3.05) is 25.6 Å². The van der Waals surface area contributed by atoms with Crippen molar-refractivity contribution in [3.05, 3.63) is 47.1 Å². The van der Waals surface area contributed by atoms with Gasteiger partial charge in [-0.3, -0.25) is 28.0 Å². The Kier molecular flexibility index (Phi) is 28.8. The van der Waals surface area contributed by atoms with E-state index in [0.717, 1.165) is 55.2 Å². The molecule has 1 fully saturated rings. The van der Waals surface area contributed by atoms with Crippen molar-refractivity contribution < 1.29 is 81.3 Å². The van der Waals surface area contributed by atoms with E-state index in [1.807, 2.05) is 6.92 Å². The van der Waals surface area contributed by atoms with Crippen LogP contribution in [0.3, 0.4) is 0 Å². The number of aliphatic hydroxyl groups excluding tert-OH is 4. The standard InChI is InChI=1S/C48H81N3O18P2/c1-4-5-16-22-35(52)26-27-37-39(53)30-40(54)38-23-18-14-15-20-25-44(56)67-36(31-64-43(55)24-19-13-11-9-7-6-8-10-12-17-21-34(2)3)32-65-70(60,61)69-71(62,63)66-33-41(46(58)45(37)57)68-47(38)51-29-28-42(49)50-48(51)59/h14,18,26-29,34-39,41,45-47,52-53,57-58H,4-13,15-17,19-25,30-33H2,1-3H3,(H,60,61)(H,62,63)(H2,49,50,59)/b18-14?,27-26+/t35-,36+,37-,38-,39+,41+,45-,46+,47+/m0/s1. The van der Waals surface area contributed by atoms with E-state index in [0.29, 0.717) is 19.3 Å².